The minimum Gasteiger partial charge on any atom is -0.612 e. The Hall–Kier alpha value is -1.26. The van der Waals surface area contributed by atoms with Gasteiger partial charge in [-0.3, -0.25) is 0 Å². The summed E-state index contributed by atoms with van der Waals surface area (Å²) in [5.74, 6) is 2.84. The fraction of sp³-hybridized carbons (Fsp3) is 0.500. The quantitative estimate of drug-likeness (QED) is 0.538. The van der Waals surface area contributed by atoms with Crippen molar-refractivity contribution >= 4 is 6.96 Å². The van der Waals surface area contributed by atoms with Crippen LogP contribution in [-0.2, 0) is 18.6 Å². The Morgan fingerprint density at radius 2 is 0.846 bits per heavy atom. The Kier molecular flexibility index (Phi) is 1.52. The monoisotopic (exact) mass is 183 g/mol. The molecular formula is C8H12BO4-. The maximum atomic E-state index is 5.40. The van der Waals surface area contributed by atoms with Crippen molar-refractivity contribution < 1.29 is 18.6 Å². The molecule has 72 valence electrons. The van der Waals surface area contributed by atoms with E-state index in [1.54, 1.807) is 0 Å². The third-order valence-electron chi connectivity index (χ3n) is 2.28. The van der Waals surface area contributed by atoms with E-state index in [4.69, 9.17) is 18.6 Å². The van der Waals surface area contributed by atoms with Crippen LogP contribution in [0.25, 0.3) is 0 Å². The number of rotatable bonds is 0. The van der Waals surface area contributed by atoms with Gasteiger partial charge >= 0.3 is 6.96 Å². The van der Waals surface area contributed by atoms with E-state index in [0.29, 0.717) is 23.0 Å². The van der Waals surface area contributed by atoms with Crippen LogP contribution in [0.15, 0.2) is 23.0 Å². The SMILES string of the molecule is CC1=C(C)O[B-]2(O1)OC(C)=C(C)O2. The Labute approximate surface area is 77.2 Å². The summed E-state index contributed by atoms with van der Waals surface area (Å²) in [4.78, 5) is 0. The highest BCUT2D eigenvalue weighted by molar-refractivity contribution is 6.56. The van der Waals surface area contributed by atoms with E-state index in [-0.39, 0.29) is 0 Å². The molecular weight excluding hydrogens is 171 g/mol. The lowest BCUT2D eigenvalue weighted by molar-refractivity contribution is 0.108. The van der Waals surface area contributed by atoms with Gasteiger partial charge in [0.1, 0.15) is 0 Å². The van der Waals surface area contributed by atoms with Gasteiger partial charge in [0, 0.05) is 0 Å². The van der Waals surface area contributed by atoms with Gasteiger partial charge in [0.05, 0.1) is 23.0 Å². The largest absolute Gasteiger partial charge is 0.776 e. The predicted molar refractivity (Wildman–Crippen MR) is 46.8 cm³/mol. The Balaban J connectivity index is 2.16. The van der Waals surface area contributed by atoms with Crippen molar-refractivity contribution in [2.24, 2.45) is 0 Å². The van der Waals surface area contributed by atoms with Crippen LogP contribution in [0.5, 0.6) is 0 Å². The average molecular weight is 183 g/mol. The van der Waals surface area contributed by atoms with Gasteiger partial charge in [0.15, 0.2) is 0 Å². The predicted octanol–water partition coefficient (Wildman–Crippen LogP) is 2.02. The molecule has 2 aliphatic heterocycles. The van der Waals surface area contributed by atoms with Gasteiger partial charge in [0.25, 0.3) is 0 Å². The maximum Gasteiger partial charge on any atom is 0.776 e. The molecule has 0 amide bonds. The summed E-state index contributed by atoms with van der Waals surface area (Å²) in [5, 5.41) is 0. The van der Waals surface area contributed by atoms with E-state index < -0.39 is 6.96 Å². The number of allylic oxidation sites excluding steroid dienone is 4. The molecule has 0 aliphatic carbocycles. The summed E-state index contributed by atoms with van der Waals surface area (Å²) < 4.78 is 21.6. The standard InChI is InChI=1S/C8H12BO4/c1-5-6(2)11-9(10-5)12-7(3)8(4)13-9/h1-4H3/q-1. The first kappa shape index (κ1) is 8.35. The van der Waals surface area contributed by atoms with Crippen LogP contribution in [0.4, 0.5) is 0 Å². The highest BCUT2D eigenvalue weighted by Gasteiger charge is 2.50. The van der Waals surface area contributed by atoms with E-state index in [1.165, 1.54) is 0 Å². The topological polar surface area (TPSA) is 36.9 Å². The molecule has 0 radical (unpaired) electrons. The molecule has 5 heteroatoms. The molecule has 2 aliphatic rings. The van der Waals surface area contributed by atoms with Gasteiger partial charge in [-0.1, -0.05) is 0 Å². The van der Waals surface area contributed by atoms with Crippen molar-refractivity contribution in [1.82, 2.24) is 0 Å². The summed E-state index contributed by atoms with van der Waals surface area (Å²) in [5.41, 5.74) is 0. The highest BCUT2D eigenvalue weighted by Crippen LogP contribution is 2.36. The molecule has 0 aromatic rings. The summed E-state index contributed by atoms with van der Waals surface area (Å²) in [6, 6.07) is 0. The number of hydrogen-bond acceptors (Lipinski definition) is 4. The molecule has 0 aromatic heterocycles. The summed E-state index contributed by atoms with van der Waals surface area (Å²) in [7, 11) is 0. The molecule has 0 fully saturated rings. The minimum atomic E-state index is -2.05. The average Bonchev–Trinajstić information content (AvgIpc) is 2.39. The lowest BCUT2D eigenvalue weighted by atomic mass is 10.1. The Morgan fingerprint density at radius 1 is 0.615 bits per heavy atom. The molecule has 13 heavy (non-hydrogen) atoms. The normalized spacial score (nSPS) is 24.3. The molecule has 0 saturated heterocycles. The van der Waals surface area contributed by atoms with E-state index in [2.05, 4.69) is 0 Å². The van der Waals surface area contributed by atoms with E-state index in [0.717, 1.165) is 0 Å². The van der Waals surface area contributed by atoms with E-state index in [9.17, 15) is 0 Å². The van der Waals surface area contributed by atoms with Crippen LogP contribution in [0, 0.1) is 0 Å². The van der Waals surface area contributed by atoms with E-state index >= 15 is 0 Å². The van der Waals surface area contributed by atoms with Crippen molar-refractivity contribution in [2.75, 3.05) is 0 Å². The lowest BCUT2D eigenvalue weighted by Gasteiger charge is -2.29. The van der Waals surface area contributed by atoms with Crippen molar-refractivity contribution in [2.45, 2.75) is 27.7 Å². The fourth-order valence-electron chi connectivity index (χ4n) is 1.34. The van der Waals surface area contributed by atoms with Crippen LogP contribution >= 0.6 is 0 Å². The van der Waals surface area contributed by atoms with Crippen LogP contribution < -0.4 is 0 Å². The fourth-order valence-corrected chi connectivity index (χ4v) is 1.34. The molecule has 4 nitrogen and oxygen atoms in total. The van der Waals surface area contributed by atoms with Gasteiger partial charge in [-0.25, -0.2) is 0 Å². The van der Waals surface area contributed by atoms with Crippen LogP contribution in [0.2, 0.25) is 0 Å². The molecule has 0 N–H and O–H groups in total. The van der Waals surface area contributed by atoms with Crippen molar-refractivity contribution in [3.05, 3.63) is 23.0 Å². The molecule has 0 bridgehead atoms. The van der Waals surface area contributed by atoms with Gasteiger partial charge in [-0.15, -0.1) is 0 Å². The highest BCUT2D eigenvalue weighted by atomic mass is 16.9. The second-order valence-electron chi connectivity index (χ2n) is 3.27. The second kappa shape index (κ2) is 2.37. The molecule has 0 saturated carbocycles. The van der Waals surface area contributed by atoms with Crippen LogP contribution in [0.3, 0.4) is 0 Å². The van der Waals surface area contributed by atoms with Gasteiger partial charge in [0.2, 0.25) is 0 Å². The molecule has 0 aromatic carbocycles. The molecule has 2 rings (SSSR count). The summed E-state index contributed by atoms with van der Waals surface area (Å²) >= 11 is 0. The summed E-state index contributed by atoms with van der Waals surface area (Å²) in [6.07, 6.45) is 0. The zero-order valence-electron chi connectivity index (χ0n) is 8.21. The lowest BCUT2D eigenvalue weighted by Crippen LogP contribution is -2.40. The van der Waals surface area contributed by atoms with Crippen molar-refractivity contribution in [3.63, 3.8) is 0 Å². The Bertz CT molecular complexity index is 255. The van der Waals surface area contributed by atoms with Gasteiger partial charge < -0.3 is 18.6 Å². The first-order chi connectivity index (χ1) is 6.02. The molecule has 1 spiro atoms. The molecule has 0 unspecified atom stereocenters. The third kappa shape index (κ3) is 1.15. The van der Waals surface area contributed by atoms with Crippen molar-refractivity contribution in [3.8, 4) is 0 Å². The molecule has 0 atom stereocenters. The first-order valence-corrected chi connectivity index (χ1v) is 4.26. The van der Waals surface area contributed by atoms with Gasteiger partial charge in [-0.05, 0) is 27.7 Å². The first-order valence-electron chi connectivity index (χ1n) is 4.26. The van der Waals surface area contributed by atoms with E-state index in [1.807, 2.05) is 27.7 Å². The molecule has 2 heterocycles. The maximum absolute atomic E-state index is 5.40. The van der Waals surface area contributed by atoms with Crippen LogP contribution in [0.1, 0.15) is 27.7 Å². The zero-order chi connectivity index (χ0) is 9.64. The van der Waals surface area contributed by atoms with Gasteiger partial charge in [-0.2, -0.15) is 0 Å². The second-order valence-corrected chi connectivity index (χ2v) is 3.27. The zero-order valence-corrected chi connectivity index (χ0v) is 8.21. The summed E-state index contributed by atoms with van der Waals surface area (Å²) in [6.45, 7) is 5.24. The Morgan fingerprint density at radius 3 is 1.08 bits per heavy atom. The number of hydrogen-bond donors (Lipinski definition) is 0. The van der Waals surface area contributed by atoms with Crippen LogP contribution in [-0.4, -0.2) is 6.96 Å². The third-order valence-corrected chi connectivity index (χ3v) is 2.28. The minimum absolute atomic E-state index is 0.711. The smallest absolute Gasteiger partial charge is 0.612 e. The van der Waals surface area contributed by atoms with Crippen molar-refractivity contribution in [1.29, 1.82) is 0 Å².